The van der Waals surface area contributed by atoms with Crippen molar-refractivity contribution in [1.29, 1.82) is 0 Å². The van der Waals surface area contributed by atoms with Crippen LogP contribution in [0.5, 0.6) is 0 Å². The van der Waals surface area contributed by atoms with Crippen molar-refractivity contribution in [2.45, 2.75) is 33.3 Å². The molecular weight excluding hydrogens is 124 g/mol. The first-order chi connectivity index (χ1) is 4.63. The summed E-state index contributed by atoms with van der Waals surface area (Å²) < 4.78 is 0. The lowest BCUT2D eigenvalue weighted by atomic mass is 9.92. The Balaban J connectivity index is 3.80. The Morgan fingerprint density at radius 3 is 2.30 bits per heavy atom. The third-order valence-electron chi connectivity index (χ3n) is 2.14. The standard InChI is InChI=1S/C9H18O/c1-5-7(3)9(10)8(4)6-2/h5,7-10H,1,6H2,2-4H3/t7-,8-,9+/m0/s1. The van der Waals surface area contributed by atoms with E-state index in [0.29, 0.717) is 5.92 Å². The van der Waals surface area contributed by atoms with E-state index < -0.39 is 0 Å². The SMILES string of the molecule is C=C[C@H](C)[C@@H](O)[C@@H](C)CC. The molecule has 0 unspecified atom stereocenters. The van der Waals surface area contributed by atoms with Gasteiger partial charge >= 0.3 is 0 Å². The molecule has 0 saturated carbocycles. The lowest BCUT2D eigenvalue weighted by Crippen LogP contribution is -2.23. The summed E-state index contributed by atoms with van der Waals surface area (Å²) in [5.41, 5.74) is 0. The Morgan fingerprint density at radius 1 is 1.50 bits per heavy atom. The van der Waals surface area contributed by atoms with Crippen molar-refractivity contribution in [3.8, 4) is 0 Å². The van der Waals surface area contributed by atoms with E-state index in [9.17, 15) is 5.11 Å². The zero-order chi connectivity index (χ0) is 8.15. The summed E-state index contributed by atoms with van der Waals surface area (Å²) in [6.45, 7) is 9.78. The van der Waals surface area contributed by atoms with Gasteiger partial charge in [-0.1, -0.05) is 33.3 Å². The number of rotatable bonds is 4. The average molecular weight is 142 g/mol. The molecule has 1 N–H and O–H groups in total. The van der Waals surface area contributed by atoms with E-state index in [0.717, 1.165) is 6.42 Å². The molecule has 0 radical (unpaired) electrons. The molecule has 0 aliphatic rings. The fraction of sp³-hybridized carbons (Fsp3) is 0.778. The van der Waals surface area contributed by atoms with Crippen LogP contribution in [0.2, 0.25) is 0 Å². The van der Waals surface area contributed by atoms with Gasteiger partial charge in [-0.05, 0) is 11.8 Å². The fourth-order valence-corrected chi connectivity index (χ4v) is 0.899. The number of hydrogen-bond donors (Lipinski definition) is 1. The van der Waals surface area contributed by atoms with Gasteiger partial charge in [0.15, 0.2) is 0 Å². The summed E-state index contributed by atoms with van der Waals surface area (Å²) in [6, 6.07) is 0. The number of aliphatic hydroxyl groups is 1. The summed E-state index contributed by atoms with van der Waals surface area (Å²) in [6.07, 6.45) is 2.61. The largest absolute Gasteiger partial charge is 0.392 e. The lowest BCUT2D eigenvalue weighted by Gasteiger charge is -2.20. The third-order valence-corrected chi connectivity index (χ3v) is 2.14. The van der Waals surface area contributed by atoms with Crippen molar-refractivity contribution in [3.63, 3.8) is 0 Å². The maximum Gasteiger partial charge on any atom is 0.0625 e. The lowest BCUT2D eigenvalue weighted by molar-refractivity contribution is 0.0814. The fourth-order valence-electron chi connectivity index (χ4n) is 0.899. The molecule has 0 saturated heterocycles. The van der Waals surface area contributed by atoms with Crippen LogP contribution in [0.4, 0.5) is 0 Å². The predicted molar refractivity (Wildman–Crippen MR) is 44.8 cm³/mol. The van der Waals surface area contributed by atoms with Gasteiger partial charge in [0.05, 0.1) is 6.10 Å². The van der Waals surface area contributed by atoms with Crippen molar-refractivity contribution >= 4 is 0 Å². The molecule has 0 aromatic heterocycles. The van der Waals surface area contributed by atoms with Gasteiger partial charge in [0.1, 0.15) is 0 Å². The quantitative estimate of drug-likeness (QED) is 0.597. The Kier molecular flexibility index (Phi) is 4.37. The average Bonchev–Trinajstić information content (AvgIpc) is 2.00. The maximum atomic E-state index is 9.51. The van der Waals surface area contributed by atoms with E-state index in [4.69, 9.17) is 0 Å². The second-order valence-electron chi connectivity index (χ2n) is 2.97. The molecule has 0 aliphatic heterocycles. The molecule has 0 amide bonds. The molecule has 0 spiro atoms. The molecular formula is C9H18O. The van der Waals surface area contributed by atoms with Gasteiger partial charge in [0, 0.05) is 0 Å². The van der Waals surface area contributed by atoms with Crippen LogP contribution < -0.4 is 0 Å². The van der Waals surface area contributed by atoms with Gasteiger partial charge in [0.2, 0.25) is 0 Å². The Hall–Kier alpha value is -0.300. The van der Waals surface area contributed by atoms with Gasteiger partial charge in [-0.25, -0.2) is 0 Å². The van der Waals surface area contributed by atoms with Crippen molar-refractivity contribution in [1.82, 2.24) is 0 Å². The van der Waals surface area contributed by atoms with Gasteiger partial charge in [-0.15, -0.1) is 6.58 Å². The molecule has 0 aromatic carbocycles. The monoisotopic (exact) mass is 142 g/mol. The van der Waals surface area contributed by atoms with Gasteiger partial charge < -0.3 is 5.11 Å². The summed E-state index contributed by atoms with van der Waals surface area (Å²) >= 11 is 0. The van der Waals surface area contributed by atoms with Crippen molar-refractivity contribution in [2.75, 3.05) is 0 Å². The Bertz CT molecular complexity index is 98.9. The molecule has 0 rings (SSSR count). The Labute approximate surface area is 63.8 Å². The van der Waals surface area contributed by atoms with Crippen LogP contribution in [0.1, 0.15) is 27.2 Å². The highest BCUT2D eigenvalue weighted by Crippen LogP contribution is 2.15. The van der Waals surface area contributed by atoms with Crippen LogP contribution in [-0.4, -0.2) is 11.2 Å². The topological polar surface area (TPSA) is 20.2 Å². The molecule has 0 fully saturated rings. The molecule has 0 bridgehead atoms. The molecule has 0 aromatic rings. The van der Waals surface area contributed by atoms with Crippen LogP contribution in [0.25, 0.3) is 0 Å². The number of aliphatic hydroxyl groups excluding tert-OH is 1. The van der Waals surface area contributed by atoms with Gasteiger partial charge in [-0.3, -0.25) is 0 Å². The molecule has 0 heterocycles. The van der Waals surface area contributed by atoms with Crippen molar-refractivity contribution in [3.05, 3.63) is 12.7 Å². The predicted octanol–water partition coefficient (Wildman–Crippen LogP) is 2.22. The summed E-state index contributed by atoms with van der Waals surface area (Å²) in [4.78, 5) is 0. The highest BCUT2D eigenvalue weighted by atomic mass is 16.3. The van der Waals surface area contributed by atoms with Gasteiger partial charge in [0.25, 0.3) is 0 Å². The second kappa shape index (κ2) is 4.51. The van der Waals surface area contributed by atoms with E-state index in [1.165, 1.54) is 0 Å². The third kappa shape index (κ3) is 2.53. The van der Waals surface area contributed by atoms with Gasteiger partial charge in [-0.2, -0.15) is 0 Å². The van der Waals surface area contributed by atoms with E-state index >= 15 is 0 Å². The molecule has 3 atom stereocenters. The van der Waals surface area contributed by atoms with Crippen molar-refractivity contribution in [2.24, 2.45) is 11.8 Å². The first kappa shape index (κ1) is 9.70. The molecule has 10 heavy (non-hydrogen) atoms. The van der Waals surface area contributed by atoms with E-state index in [-0.39, 0.29) is 12.0 Å². The Morgan fingerprint density at radius 2 is 2.00 bits per heavy atom. The zero-order valence-corrected chi connectivity index (χ0v) is 7.17. The second-order valence-corrected chi connectivity index (χ2v) is 2.97. The summed E-state index contributed by atoms with van der Waals surface area (Å²) in [7, 11) is 0. The normalized spacial score (nSPS) is 19.6. The minimum atomic E-state index is -0.220. The van der Waals surface area contributed by atoms with E-state index in [1.807, 2.05) is 6.92 Å². The smallest absolute Gasteiger partial charge is 0.0625 e. The molecule has 1 nitrogen and oxygen atoms in total. The number of hydrogen-bond acceptors (Lipinski definition) is 1. The van der Waals surface area contributed by atoms with Crippen LogP contribution >= 0.6 is 0 Å². The maximum absolute atomic E-state index is 9.51. The highest BCUT2D eigenvalue weighted by Gasteiger charge is 2.16. The molecule has 1 heteroatoms. The first-order valence-electron chi connectivity index (χ1n) is 3.94. The highest BCUT2D eigenvalue weighted by molar-refractivity contribution is 4.83. The van der Waals surface area contributed by atoms with E-state index in [1.54, 1.807) is 6.08 Å². The first-order valence-corrected chi connectivity index (χ1v) is 3.94. The van der Waals surface area contributed by atoms with Crippen LogP contribution in [-0.2, 0) is 0 Å². The minimum absolute atomic E-state index is 0.218. The minimum Gasteiger partial charge on any atom is -0.392 e. The van der Waals surface area contributed by atoms with Crippen LogP contribution in [0.3, 0.4) is 0 Å². The van der Waals surface area contributed by atoms with E-state index in [2.05, 4.69) is 20.4 Å². The zero-order valence-electron chi connectivity index (χ0n) is 7.17. The summed E-state index contributed by atoms with van der Waals surface area (Å²) in [5.74, 6) is 0.600. The van der Waals surface area contributed by atoms with Crippen LogP contribution in [0.15, 0.2) is 12.7 Å². The van der Waals surface area contributed by atoms with Crippen molar-refractivity contribution < 1.29 is 5.11 Å². The van der Waals surface area contributed by atoms with Crippen LogP contribution in [0, 0.1) is 11.8 Å². The molecule has 0 aliphatic carbocycles. The summed E-state index contributed by atoms with van der Waals surface area (Å²) in [5, 5.41) is 9.51. The molecule has 60 valence electrons.